The van der Waals surface area contributed by atoms with Crippen molar-refractivity contribution in [2.24, 2.45) is 0 Å². The summed E-state index contributed by atoms with van der Waals surface area (Å²) in [6.45, 7) is 0.330. The number of pyridine rings is 2. The van der Waals surface area contributed by atoms with E-state index in [0.29, 0.717) is 23.6 Å². The van der Waals surface area contributed by atoms with Gasteiger partial charge in [0.25, 0.3) is 11.5 Å². The molecule has 0 radical (unpaired) electrons. The van der Waals surface area contributed by atoms with Crippen LogP contribution in [-0.4, -0.2) is 22.6 Å². The Balaban J connectivity index is 1.74. The normalized spacial score (nSPS) is 10.7. The van der Waals surface area contributed by atoms with E-state index in [1.54, 1.807) is 49.7 Å². The van der Waals surface area contributed by atoms with E-state index in [1.165, 1.54) is 4.57 Å². The molecule has 2 aromatic heterocycles. The van der Waals surface area contributed by atoms with E-state index in [4.69, 9.17) is 4.74 Å². The summed E-state index contributed by atoms with van der Waals surface area (Å²) in [6.07, 6.45) is 1.64. The number of hydrogen-bond acceptors (Lipinski definition) is 4. The predicted octanol–water partition coefficient (Wildman–Crippen LogP) is 3.71. The first-order valence-electron chi connectivity index (χ1n) is 9.13. The van der Waals surface area contributed by atoms with Gasteiger partial charge in [0.1, 0.15) is 17.0 Å². The van der Waals surface area contributed by atoms with E-state index >= 15 is 0 Å². The summed E-state index contributed by atoms with van der Waals surface area (Å²) in [5.74, 6) is 0.220. The van der Waals surface area contributed by atoms with Crippen LogP contribution in [0.1, 0.15) is 15.9 Å². The lowest BCUT2D eigenvalue weighted by Crippen LogP contribution is -2.30. The average Bonchev–Trinajstić information content (AvgIpc) is 2.76. The summed E-state index contributed by atoms with van der Waals surface area (Å²) in [7, 11) is 1.58. The van der Waals surface area contributed by atoms with Crippen LogP contribution >= 0.6 is 0 Å². The van der Waals surface area contributed by atoms with Crippen LogP contribution in [0.3, 0.4) is 0 Å². The molecule has 0 saturated carbocycles. The number of ether oxygens (including phenoxy) is 1. The molecule has 0 spiro atoms. The number of nitrogens with one attached hydrogen (secondary N) is 1. The highest BCUT2D eigenvalue weighted by Gasteiger charge is 2.17. The summed E-state index contributed by atoms with van der Waals surface area (Å²) >= 11 is 0. The number of carbonyl (C=O) groups excluding carboxylic acids is 1. The minimum Gasteiger partial charge on any atom is -0.497 e. The number of rotatable bonds is 5. The smallest absolute Gasteiger partial charge is 0.265 e. The molecule has 0 fully saturated rings. The first-order valence-corrected chi connectivity index (χ1v) is 9.13. The second-order valence-electron chi connectivity index (χ2n) is 6.53. The lowest BCUT2D eigenvalue weighted by atomic mass is 10.1. The monoisotopic (exact) mass is 385 g/mol. The Morgan fingerprint density at radius 1 is 1.03 bits per heavy atom. The summed E-state index contributed by atoms with van der Waals surface area (Å²) in [6, 6.07) is 21.8. The standard InChI is InChI=1S/C23H19N3O3/c1-29-19-11-9-18(10-12-19)25-22(27)20-14-17-8-5-13-24-21(17)26(23(20)28)15-16-6-3-2-4-7-16/h2-14H,15H2,1H3,(H,25,27). The number of hydrogen-bond donors (Lipinski definition) is 1. The average molecular weight is 385 g/mol. The molecule has 2 aromatic carbocycles. The van der Waals surface area contributed by atoms with Crippen molar-refractivity contribution in [2.45, 2.75) is 6.54 Å². The van der Waals surface area contributed by atoms with E-state index in [9.17, 15) is 9.59 Å². The Bertz CT molecular complexity index is 1220. The van der Waals surface area contributed by atoms with E-state index < -0.39 is 5.91 Å². The molecule has 0 unspecified atom stereocenters. The van der Waals surface area contributed by atoms with Gasteiger partial charge < -0.3 is 10.1 Å². The summed E-state index contributed by atoms with van der Waals surface area (Å²) in [5.41, 5.74) is 1.76. The Morgan fingerprint density at radius 2 is 1.79 bits per heavy atom. The van der Waals surface area contributed by atoms with Gasteiger partial charge in [-0.25, -0.2) is 4.98 Å². The van der Waals surface area contributed by atoms with Gasteiger partial charge in [-0.3, -0.25) is 14.2 Å². The van der Waals surface area contributed by atoms with Crippen molar-refractivity contribution in [2.75, 3.05) is 12.4 Å². The Kier molecular flexibility index (Phi) is 5.07. The number of benzene rings is 2. The SMILES string of the molecule is COc1ccc(NC(=O)c2cc3cccnc3n(Cc3ccccc3)c2=O)cc1. The number of nitrogens with zero attached hydrogens (tertiary/aromatic N) is 2. The summed E-state index contributed by atoms with van der Waals surface area (Å²) < 4.78 is 6.66. The van der Waals surface area contributed by atoms with Crippen molar-refractivity contribution in [1.29, 1.82) is 0 Å². The van der Waals surface area contributed by atoms with Crippen LogP contribution in [0.5, 0.6) is 5.75 Å². The highest BCUT2D eigenvalue weighted by atomic mass is 16.5. The predicted molar refractivity (Wildman–Crippen MR) is 112 cm³/mol. The quantitative estimate of drug-likeness (QED) is 0.568. The fourth-order valence-corrected chi connectivity index (χ4v) is 3.15. The van der Waals surface area contributed by atoms with Crippen molar-refractivity contribution in [3.63, 3.8) is 0 Å². The molecule has 0 bridgehead atoms. The lowest BCUT2D eigenvalue weighted by molar-refractivity contribution is 0.102. The molecule has 0 saturated heterocycles. The van der Waals surface area contributed by atoms with E-state index in [2.05, 4.69) is 10.3 Å². The maximum atomic E-state index is 13.2. The van der Waals surface area contributed by atoms with Crippen LogP contribution in [0.2, 0.25) is 0 Å². The molecule has 0 aliphatic heterocycles. The van der Waals surface area contributed by atoms with Crippen LogP contribution in [0.4, 0.5) is 5.69 Å². The third-order valence-electron chi connectivity index (χ3n) is 4.62. The molecule has 6 heteroatoms. The molecule has 29 heavy (non-hydrogen) atoms. The Morgan fingerprint density at radius 3 is 2.52 bits per heavy atom. The van der Waals surface area contributed by atoms with Crippen molar-refractivity contribution < 1.29 is 9.53 Å². The fraction of sp³-hybridized carbons (Fsp3) is 0.0870. The third kappa shape index (κ3) is 3.87. The molecule has 4 aromatic rings. The van der Waals surface area contributed by atoms with Gasteiger partial charge in [0.2, 0.25) is 0 Å². The highest BCUT2D eigenvalue weighted by molar-refractivity contribution is 6.05. The number of anilines is 1. The zero-order valence-corrected chi connectivity index (χ0v) is 15.8. The minimum atomic E-state index is -0.465. The minimum absolute atomic E-state index is 0.0669. The fourth-order valence-electron chi connectivity index (χ4n) is 3.15. The van der Waals surface area contributed by atoms with Crippen LogP contribution < -0.4 is 15.6 Å². The molecule has 0 atom stereocenters. The number of methoxy groups -OCH3 is 1. The van der Waals surface area contributed by atoms with Gasteiger partial charge >= 0.3 is 0 Å². The second kappa shape index (κ2) is 7.98. The zero-order valence-electron chi connectivity index (χ0n) is 15.8. The highest BCUT2D eigenvalue weighted by Crippen LogP contribution is 2.17. The van der Waals surface area contributed by atoms with Gasteiger partial charge in [-0.2, -0.15) is 0 Å². The van der Waals surface area contributed by atoms with Crippen LogP contribution in [0, 0.1) is 0 Å². The van der Waals surface area contributed by atoms with Gasteiger partial charge in [0, 0.05) is 17.3 Å². The first-order chi connectivity index (χ1) is 14.2. The van der Waals surface area contributed by atoms with Gasteiger partial charge in [0.05, 0.1) is 13.7 Å². The number of aromatic nitrogens is 2. The molecular formula is C23H19N3O3. The second-order valence-corrected chi connectivity index (χ2v) is 6.53. The summed E-state index contributed by atoms with van der Waals surface area (Å²) in [4.78, 5) is 30.4. The first kappa shape index (κ1) is 18.4. The molecule has 1 amide bonds. The van der Waals surface area contributed by atoms with Gasteiger partial charge in [-0.1, -0.05) is 30.3 Å². The molecule has 0 aliphatic rings. The molecule has 4 rings (SSSR count). The largest absolute Gasteiger partial charge is 0.497 e. The molecule has 6 nitrogen and oxygen atoms in total. The van der Waals surface area contributed by atoms with E-state index in [0.717, 1.165) is 10.9 Å². The van der Waals surface area contributed by atoms with E-state index in [-0.39, 0.29) is 11.1 Å². The van der Waals surface area contributed by atoms with Gasteiger partial charge in [0.15, 0.2) is 0 Å². The van der Waals surface area contributed by atoms with Crippen LogP contribution in [0.15, 0.2) is 83.8 Å². The van der Waals surface area contributed by atoms with Crippen molar-refractivity contribution >= 4 is 22.6 Å². The summed E-state index contributed by atoms with van der Waals surface area (Å²) in [5, 5.41) is 3.50. The topological polar surface area (TPSA) is 73.2 Å². The molecular weight excluding hydrogens is 366 g/mol. The molecule has 144 valence electrons. The Labute approximate surface area is 167 Å². The number of fused-ring (bicyclic) bond motifs is 1. The lowest BCUT2D eigenvalue weighted by Gasteiger charge is -2.12. The maximum absolute atomic E-state index is 13.2. The van der Waals surface area contributed by atoms with Crippen molar-refractivity contribution in [3.05, 3.63) is 100 Å². The zero-order chi connectivity index (χ0) is 20.2. The van der Waals surface area contributed by atoms with Crippen molar-refractivity contribution in [1.82, 2.24) is 9.55 Å². The van der Waals surface area contributed by atoms with Crippen molar-refractivity contribution in [3.8, 4) is 5.75 Å². The third-order valence-corrected chi connectivity index (χ3v) is 4.62. The maximum Gasteiger partial charge on any atom is 0.265 e. The molecule has 0 aliphatic carbocycles. The van der Waals surface area contributed by atoms with Crippen LogP contribution in [0.25, 0.3) is 11.0 Å². The van der Waals surface area contributed by atoms with Gasteiger partial charge in [-0.05, 0) is 48.0 Å². The van der Waals surface area contributed by atoms with Gasteiger partial charge in [-0.15, -0.1) is 0 Å². The number of carbonyl (C=O) groups is 1. The number of amides is 1. The molecule has 1 N–H and O–H groups in total. The Hall–Kier alpha value is -3.93. The van der Waals surface area contributed by atoms with E-state index in [1.807, 2.05) is 36.4 Å². The van der Waals surface area contributed by atoms with Crippen LogP contribution in [-0.2, 0) is 6.54 Å². The molecule has 2 heterocycles.